The Kier molecular flexibility index (Phi) is 4.41. The lowest BCUT2D eigenvalue weighted by Crippen LogP contribution is -2.28. The minimum atomic E-state index is 0.410. The Morgan fingerprint density at radius 2 is 2.43 bits per heavy atom. The Hall–Kier alpha value is -1.59. The lowest BCUT2D eigenvalue weighted by Gasteiger charge is -2.29. The molecule has 2 aromatic heterocycles. The van der Waals surface area contributed by atoms with Crippen LogP contribution < -0.4 is 15.0 Å². The van der Waals surface area contributed by atoms with E-state index < -0.39 is 0 Å². The summed E-state index contributed by atoms with van der Waals surface area (Å²) < 4.78 is 5.34. The molecule has 1 N–H and O–H groups in total. The van der Waals surface area contributed by atoms with Crippen LogP contribution >= 0.6 is 11.3 Å². The van der Waals surface area contributed by atoms with Crippen LogP contribution in [-0.2, 0) is 6.42 Å². The number of nitrogens with zero attached hydrogens (tertiary/aromatic N) is 2. The van der Waals surface area contributed by atoms with E-state index >= 15 is 0 Å². The van der Waals surface area contributed by atoms with Crippen molar-refractivity contribution in [3.63, 3.8) is 0 Å². The zero-order valence-corrected chi connectivity index (χ0v) is 13.3. The van der Waals surface area contributed by atoms with Gasteiger partial charge in [0.05, 0.1) is 30.7 Å². The number of rotatable bonds is 6. The van der Waals surface area contributed by atoms with E-state index in [2.05, 4.69) is 38.8 Å². The maximum Gasteiger partial charge on any atom is 0.139 e. The van der Waals surface area contributed by atoms with E-state index in [0.29, 0.717) is 6.04 Å². The molecule has 0 aromatic carbocycles. The number of aromatic nitrogens is 1. The number of hydrogen-bond donors (Lipinski definition) is 1. The van der Waals surface area contributed by atoms with Gasteiger partial charge in [0.15, 0.2) is 0 Å². The van der Waals surface area contributed by atoms with E-state index in [1.165, 1.54) is 16.3 Å². The second-order valence-electron chi connectivity index (χ2n) is 5.21. The highest BCUT2D eigenvalue weighted by Gasteiger charge is 2.28. The van der Waals surface area contributed by atoms with E-state index in [9.17, 15) is 0 Å². The smallest absolute Gasteiger partial charge is 0.139 e. The summed E-state index contributed by atoms with van der Waals surface area (Å²) in [6.45, 7) is 2.04. The molecular weight excluding hydrogens is 282 g/mol. The molecule has 3 heterocycles. The number of anilines is 1. The van der Waals surface area contributed by atoms with Gasteiger partial charge in [0, 0.05) is 23.9 Å². The van der Waals surface area contributed by atoms with Crippen molar-refractivity contribution >= 4 is 17.0 Å². The highest BCUT2D eigenvalue weighted by atomic mass is 32.1. The van der Waals surface area contributed by atoms with Gasteiger partial charge in [-0.2, -0.15) is 0 Å². The molecule has 0 bridgehead atoms. The third-order valence-electron chi connectivity index (χ3n) is 3.97. The molecule has 1 aliphatic rings. The number of hydrogen-bond acceptors (Lipinski definition) is 5. The second kappa shape index (κ2) is 6.45. The topological polar surface area (TPSA) is 37.4 Å². The fraction of sp³-hybridized carbons (Fsp3) is 0.438. The molecular formula is C16H21N3OS. The van der Waals surface area contributed by atoms with Crippen molar-refractivity contribution in [2.24, 2.45) is 0 Å². The van der Waals surface area contributed by atoms with Crippen LogP contribution in [0.2, 0.25) is 0 Å². The zero-order chi connectivity index (χ0) is 14.7. The number of pyridine rings is 1. The third-order valence-corrected chi connectivity index (χ3v) is 4.95. The molecule has 0 amide bonds. The molecule has 5 heteroatoms. The molecule has 1 aliphatic heterocycles. The number of methoxy groups -OCH3 is 1. The van der Waals surface area contributed by atoms with Gasteiger partial charge in [0.1, 0.15) is 5.75 Å². The summed E-state index contributed by atoms with van der Waals surface area (Å²) in [5, 5.41) is 5.42. The molecule has 0 radical (unpaired) electrons. The maximum absolute atomic E-state index is 5.34. The summed E-state index contributed by atoms with van der Waals surface area (Å²) in [5.41, 5.74) is 2.41. The molecule has 0 aliphatic carbocycles. The van der Waals surface area contributed by atoms with Crippen molar-refractivity contribution < 1.29 is 4.74 Å². The number of thiophene rings is 1. The standard InChI is InChI=1S/C16H21N3OS/c1-17-7-5-14(16-4-3-9-21-16)19-8-6-13-15(19)10-12(20-2)11-18-13/h3-4,9-11,14,17H,5-8H2,1-2H3/t14-/m1/s1. The van der Waals surface area contributed by atoms with Crippen LogP contribution in [0.1, 0.15) is 23.0 Å². The number of fused-ring (bicyclic) bond motifs is 1. The Morgan fingerprint density at radius 1 is 1.52 bits per heavy atom. The molecule has 0 saturated heterocycles. The largest absolute Gasteiger partial charge is 0.495 e. The van der Waals surface area contributed by atoms with E-state index in [4.69, 9.17) is 4.74 Å². The van der Waals surface area contributed by atoms with Crippen molar-refractivity contribution in [1.82, 2.24) is 10.3 Å². The minimum absolute atomic E-state index is 0.410. The Morgan fingerprint density at radius 3 is 3.14 bits per heavy atom. The van der Waals surface area contributed by atoms with Gasteiger partial charge in [0.2, 0.25) is 0 Å². The van der Waals surface area contributed by atoms with Gasteiger partial charge in [-0.05, 0) is 31.5 Å². The summed E-state index contributed by atoms with van der Waals surface area (Å²) in [5.74, 6) is 0.833. The average molecular weight is 303 g/mol. The number of ether oxygens (including phenoxy) is 1. The molecule has 0 spiro atoms. The summed E-state index contributed by atoms with van der Waals surface area (Å²) in [6.07, 6.45) is 3.92. The van der Waals surface area contributed by atoms with Crippen LogP contribution in [0.5, 0.6) is 5.75 Å². The third kappa shape index (κ3) is 2.89. The van der Waals surface area contributed by atoms with Gasteiger partial charge in [-0.1, -0.05) is 6.07 Å². The molecule has 3 rings (SSSR count). The molecule has 0 unspecified atom stereocenters. The van der Waals surface area contributed by atoms with Gasteiger partial charge in [-0.15, -0.1) is 11.3 Å². The van der Waals surface area contributed by atoms with Crippen LogP contribution in [0.4, 0.5) is 5.69 Å². The van der Waals surface area contributed by atoms with E-state index in [-0.39, 0.29) is 0 Å². The van der Waals surface area contributed by atoms with Crippen LogP contribution in [0.15, 0.2) is 29.8 Å². The first-order chi connectivity index (χ1) is 10.3. The minimum Gasteiger partial charge on any atom is -0.495 e. The quantitative estimate of drug-likeness (QED) is 0.890. The van der Waals surface area contributed by atoms with Gasteiger partial charge in [0.25, 0.3) is 0 Å². The first kappa shape index (κ1) is 14.4. The first-order valence-electron chi connectivity index (χ1n) is 7.31. The highest BCUT2D eigenvalue weighted by molar-refractivity contribution is 7.10. The molecule has 0 fully saturated rings. The average Bonchev–Trinajstić information content (AvgIpc) is 3.17. The molecule has 1 atom stereocenters. The SMILES string of the molecule is CNCC[C@H](c1cccs1)N1CCc2ncc(OC)cc21. The van der Waals surface area contributed by atoms with Crippen LogP contribution in [0, 0.1) is 0 Å². The van der Waals surface area contributed by atoms with Crippen molar-refractivity contribution in [3.05, 3.63) is 40.3 Å². The van der Waals surface area contributed by atoms with E-state index in [1.807, 2.05) is 24.6 Å². The van der Waals surface area contributed by atoms with Gasteiger partial charge in [-0.25, -0.2) is 0 Å². The fourth-order valence-corrected chi connectivity index (χ4v) is 3.77. The molecule has 112 valence electrons. The predicted octanol–water partition coefficient (Wildman–Crippen LogP) is 2.87. The van der Waals surface area contributed by atoms with Crippen LogP contribution in [-0.4, -0.2) is 32.2 Å². The normalized spacial score (nSPS) is 15.0. The van der Waals surface area contributed by atoms with Crippen molar-refractivity contribution in [2.45, 2.75) is 18.9 Å². The highest BCUT2D eigenvalue weighted by Crippen LogP contribution is 2.38. The maximum atomic E-state index is 5.34. The molecule has 4 nitrogen and oxygen atoms in total. The molecule has 21 heavy (non-hydrogen) atoms. The first-order valence-corrected chi connectivity index (χ1v) is 8.19. The Labute approximate surface area is 129 Å². The van der Waals surface area contributed by atoms with Gasteiger partial charge in [-0.3, -0.25) is 4.98 Å². The van der Waals surface area contributed by atoms with Crippen LogP contribution in [0.25, 0.3) is 0 Å². The molecule has 2 aromatic rings. The van der Waals surface area contributed by atoms with E-state index in [1.54, 1.807) is 7.11 Å². The molecule has 0 saturated carbocycles. The summed E-state index contributed by atoms with van der Waals surface area (Å²) in [4.78, 5) is 8.44. The zero-order valence-electron chi connectivity index (χ0n) is 12.5. The van der Waals surface area contributed by atoms with Crippen molar-refractivity contribution in [1.29, 1.82) is 0 Å². The van der Waals surface area contributed by atoms with Crippen LogP contribution in [0.3, 0.4) is 0 Å². The monoisotopic (exact) mass is 303 g/mol. The Balaban J connectivity index is 1.91. The lowest BCUT2D eigenvalue weighted by molar-refractivity contribution is 0.412. The van der Waals surface area contributed by atoms with E-state index in [0.717, 1.165) is 31.7 Å². The second-order valence-corrected chi connectivity index (χ2v) is 6.19. The lowest BCUT2D eigenvalue weighted by atomic mass is 10.1. The predicted molar refractivity (Wildman–Crippen MR) is 87.4 cm³/mol. The summed E-state index contributed by atoms with van der Waals surface area (Å²) in [6, 6.07) is 6.90. The number of nitrogens with one attached hydrogen (secondary N) is 1. The van der Waals surface area contributed by atoms with Gasteiger partial charge >= 0.3 is 0 Å². The van der Waals surface area contributed by atoms with Gasteiger partial charge < -0.3 is 15.0 Å². The van der Waals surface area contributed by atoms with Crippen molar-refractivity contribution in [3.8, 4) is 5.75 Å². The summed E-state index contributed by atoms with van der Waals surface area (Å²) in [7, 11) is 3.70. The van der Waals surface area contributed by atoms with Crippen molar-refractivity contribution in [2.75, 3.05) is 32.1 Å². The Bertz CT molecular complexity index is 585. The fourth-order valence-electron chi connectivity index (χ4n) is 2.90. The summed E-state index contributed by atoms with van der Waals surface area (Å²) >= 11 is 1.83.